The lowest BCUT2D eigenvalue weighted by atomic mass is 10.1. The largest absolute Gasteiger partial charge is 0.487 e. The topological polar surface area (TPSA) is 59.0 Å². The first kappa shape index (κ1) is 14.8. The van der Waals surface area contributed by atoms with E-state index in [4.69, 9.17) is 15.7 Å². The summed E-state index contributed by atoms with van der Waals surface area (Å²) in [6, 6.07) is 9.43. The summed E-state index contributed by atoms with van der Waals surface area (Å²) in [6.45, 7) is 0.146. The summed E-state index contributed by atoms with van der Waals surface area (Å²) in [5.41, 5.74) is 7.13. The molecule has 2 aromatic rings. The normalized spacial score (nSPS) is 10.1. The Hall–Kier alpha value is -1.58. The molecule has 0 heterocycles. The summed E-state index contributed by atoms with van der Waals surface area (Å²) in [6.07, 6.45) is 0. The lowest BCUT2D eigenvalue weighted by Gasteiger charge is -2.11. The van der Waals surface area contributed by atoms with Gasteiger partial charge in [0.25, 0.3) is 0 Å². The van der Waals surface area contributed by atoms with Crippen molar-refractivity contribution in [3.63, 3.8) is 0 Å². The quantitative estimate of drug-likeness (QED) is 0.779. The molecule has 0 aromatic heterocycles. The molecule has 0 spiro atoms. The second-order valence-corrected chi connectivity index (χ2v) is 5.77. The van der Waals surface area contributed by atoms with Gasteiger partial charge in [-0.05, 0) is 67.8 Å². The molecule has 102 valence electrons. The van der Waals surface area contributed by atoms with E-state index in [0.717, 1.165) is 0 Å². The van der Waals surface area contributed by atoms with Crippen LogP contribution in [0.1, 0.15) is 11.1 Å². The fourth-order valence-electron chi connectivity index (χ4n) is 1.67. The number of hydrogen-bond donors (Lipinski definition) is 1. The van der Waals surface area contributed by atoms with Crippen LogP contribution < -0.4 is 10.5 Å². The maximum Gasteiger partial charge on any atom is 0.148 e. The van der Waals surface area contributed by atoms with E-state index < -0.39 is 5.82 Å². The third kappa shape index (κ3) is 3.50. The third-order valence-corrected chi connectivity index (χ3v) is 3.67. The summed E-state index contributed by atoms with van der Waals surface area (Å²) in [5.74, 6) is 0.111. The van der Waals surface area contributed by atoms with E-state index in [0.29, 0.717) is 25.9 Å². The molecule has 0 amide bonds. The summed E-state index contributed by atoms with van der Waals surface area (Å²) in [4.78, 5) is 0. The Bertz CT molecular complexity index is 675. The van der Waals surface area contributed by atoms with E-state index >= 15 is 0 Å². The maximum atomic E-state index is 13.3. The first-order valence-electron chi connectivity index (χ1n) is 5.56. The van der Waals surface area contributed by atoms with Crippen molar-refractivity contribution in [1.82, 2.24) is 0 Å². The van der Waals surface area contributed by atoms with Gasteiger partial charge in [0.05, 0.1) is 20.6 Å². The molecule has 0 saturated carbocycles. The molecule has 0 unspecified atom stereocenters. The van der Waals surface area contributed by atoms with Crippen LogP contribution in [0.25, 0.3) is 0 Å². The highest BCUT2D eigenvalue weighted by atomic mass is 79.9. The van der Waals surface area contributed by atoms with Crippen LogP contribution in [0.2, 0.25) is 0 Å². The highest BCUT2D eigenvalue weighted by molar-refractivity contribution is 9.11. The number of anilines is 1. The number of hydrogen-bond acceptors (Lipinski definition) is 3. The predicted octanol–water partition coefficient (Wildman–Crippen LogP) is 4.38. The van der Waals surface area contributed by atoms with Crippen molar-refractivity contribution in [2.45, 2.75) is 6.61 Å². The summed E-state index contributed by atoms with van der Waals surface area (Å²) in [5, 5.41) is 8.80. The number of benzene rings is 2. The van der Waals surface area contributed by atoms with Crippen molar-refractivity contribution in [3.05, 3.63) is 56.2 Å². The molecule has 0 bridgehead atoms. The molecule has 3 nitrogen and oxygen atoms in total. The molecule has 2 rings (SSSR count). The van der Waals surface area contributed by atoms with Gasteiger partial charge in [0, 0.05) is 5.69 Å². The minimum atomic E-state index is -0.460. The highest BCUT2D eigenvalue weighted by Crippen LogP contribution is 2.36. The fourth-order valence-corrected chi connectivity index (χ4v) is 3.12. The van der Waals surface area contributed by atoms with Gasteiger partial charge in [-0.1, -0.05) is 0 Å². The van der Waals surface area contributed by atoms with E-state index in [1.165, 1.54) is 12.1 Å². The van der Waals surface area contributed by atoms with Crippen molar-refractivity contribution < 1.29 is 9.13 Å². The van der Waals surface area contributed by atoms with Crippen molar-refractivity contribution in [3.8, 4) is 11.8 Å². The van der Waals surface area contributed by atoms with Crippen LogP contribution in [0.5, 0.6) is 5.75 Å². The molecule has 0 fully saturated rings. The molecule has 0 atom stereocenters. The Labute approximate surface area is 132 Å². The Kier molecular flexibility index (Phi) is 4.63. The SMILES string of the molecule is N#Cc1cc(F)cc(COc2c(Br)cc(N)cc2Br)c1. The van der Waals surface area contributed by atoms with Crippen LogP contribution in [0.15, 0.2) is 39.3 Å². The zero-order chi connectivity index (χ0) is 14.7. The van der Waals surface area contributed by atoms with E-state index in [1.54, 1.807) is 18.2 Å². The fraction of sp³-hybridized carbons (Fsp3) is 0.0714. The van der Waals surface area contributed by atoms with E-state index in [9.17, 15) is 4.39 Å². The molecule has 0 saturated heterocycles. The molecule has 0 aliphatic rings. The number of rotatable bonds is 3. The van der Waals surface area contributed by atoms with Crippen LogP contribution >= 0.6 is 31.9 Å². The number of nitrogens with zero attached hydrogens (tertiary/aromatic N) is 1. The third-order valence-electron chi connectivity index (χ3n) is 2.49. The zero-order valence-electron chi connectivity index (χ0n) is 10.2. The Morgan fingerprint density at radius 3 is 2.40 bits per heavy atom. The van der Waals surface area contributed by atoms with Gasteiger partial charge in [-0.2, -0.15) is 5.26 Å². The van der Waals surface area contributed by atoms with Crippen molar-refractivity contribution in [1.29, 1.82) is 5.26 Å². The van der Waals surface area contributed by atoms with Gasteiger partial charge in [-0.15, -0.1) is 0 Å². The number of nitriles is 1. The molecule has 0 aliphatic carbocycles. The van der Waals surface area contributed by atoms with Gasteiger partial charge in [-0.25, -0.2) is 4.39 Å². The Morgan fingerprint density at radius 2 is 1.80 bits per heavy atom. The molecule has 2 aromatic carbocycles. The summed E-state index contributed by atoms with van der Waals surface area (Å²) >= 11 is 6.71. The van der Waals surface area contributed by atoms with E-state index in [1.807, 2.05) is 6.07 Å². The maximum absolute atomic E-state index is 13.3. The zero-order valence-corrected chi connectivity index (χ0v) is 13.3. The standard InChI is InChI=1S/C14H9Br2FN2O/c15-12-4-11(19)5-13(16)14(12)20-7-9-1-8(6-18)2-10(17)3-9/h1-5H,7,19H2. The van der Waals surface area contributed by atoms with Gasteiger partial charge in [0.1, 0.15) is 18.2 Å². The smallest absolute Gasteiger partial charge is 0.148 e. The summed E-state index contributed by atoms with van der Waals surface area (Å²) < 4.78 is 20.3. The number of nitrogen functional groups attached to an aromatic ring is 1. The second-order valence-electron chi connectivity index (χ2n) is 4.06. The average molecular weight is 400 g/mol. The van der Waals surface area contributed by atoms with Gasteiger partial charge in [0.15, 0.2) is 0 Å². The molecular formula is C14H9Br2FN2O. The first-order chi connectivity index (χ1) is 9.49. The molecule has 0 aliphatic heterocycles. The molecule has 2 N–H and O–H groups in total. The van der Waals surface area contributed by atoms with E-state index in [-0.39, 0.29) is 12.2 Å². The lowest BCUT2D eigenvalue weighted by molar-refractivity contribution is 0.301. The predicted molar refractivity (Wildman–Crippen MR) is 81.7 cm³/mol. The average Bonchev–Trinajstić information content (AvgIpc) is 2.36. The Balaban J connectivity index is 2.21. The van der Waals surface area contributed by atoms with Crippen molar-refractivity contribution in [2.24, 2.45) is 0 Å². The minimum absolute atomic E-state index is 0.146. The monoisotopic (exact) mass is 398 g/mol. The number of nitrogens with two attached hydrogens (primary N) is 1. The van der Waals surface area contributed by atoms with Crippen molar-refractivity contribution >= 4 is 37.5 Å². The molecule has 0 radical (unpaired) electrons. The van der Waals surface area contributed by atoms with Crippen LogP contribution in [-0.2, 0) is 6.61 Å². The molecular weight excluding hydrogens is 391 g/mol. The highest BCUT2D eigenvalue weighted by Gasteiger charge is 2.09. The molecule has 20 heavy (non-hydrogen) atoms. The lowest BCUT2D eigenvalue weighted by Crippen LogP contribution is -1.99. The van der Waals surface area contributed by atoms with Crippen LogP contribution in [0.4, 0.5) is 10.1 Å². The van der Waals surface area contributed by atoms with E-state index in [2.05, 4.69) is 31.9 Å². The minimum Gasteiger partial charge on any atom is -0.487 e. The van der Waals surface area contributed by atoms with Crippen LogP contribution in [0, 0.1) is 17.1 Å². The second kappa shape index (κ2) is 6.25. The van der Waals surface area contributed by atoms with Gasteiger partial charge in [-0.3, -0.25) is 0 Å². The first-order valence-corrected chi connectivity index (χ1v) is 7.15. The van der Waals surface area contributed by atoms with Crippen molar-refractivity contribution in [2.75, 3.05) is 5.73 Å². The van der Waals surface area contributed by atoms with Gasteiger partial charge in [0.2, 0.25) is 0 Å². The summed E-state index contributed by atoms with van der Waals surface area (Å²) in [7, 11) is 0. The van der Waals surface area contributed by atoms with Gasteiger partial charge < -0.3 is 10.5 Å². The number of halogens is 3. The van der Waals surface area contributed by atoms with Crippen LogP contribution in [-0.4, -0.2) is 0 Å². The molecule has 6 heteroatoms. The van der Waals surface area contributed by atoms with Crippen LogP contribution in [0.3, 0.4) is 0 Å². The number of ether oxygens (including phenoxy) is 1. The Morgan fingerprint density at radius 1 is 1.15 bits per heavy atom. The van der Waals surface area contributed by atoms with Gasteiger partial charge >= 0.3 is 0 Å².